The molecule has 0 saturated heterocycles. The minimum atomic E-state index is -0.299. The van der Waals surface area contributed by atoms with Crippen molar-refractivity contribution in [3.05, 3.63) is 64.4 Å². The Bertz CT molecular complexity index is 620. The van der Waals surface area contributed by atoms with E-state index in [1.807, 2.05) is 0 Å². The lowest BCUT2D eigenvalue weighted by Gasteiger charge is -2.37. The molecule has 1 aliphatic rings. The van der Waals surface area contributed by atoms with E-state index in [0.29, 0.717) is 17.0 Å². The molecule has 0 aliphatic heterocycles. The second-order valence-corrected chi connectivity index (χ2v) is 5.96. The number of benzene rings is 2. The van der Waals surface area contributed by atoms with Crippen LogP contribution in [0.1, 0.15) is 29.9 Å². The highest BCUT2D eigenvalue weighted by molar-refractivity contribution is 6.33. The Morgan fingerprint density at radius 1 is 1.15 bits per heavy atom. The van der Waals surface area contributed by atoms with Gasteiger partial charge in [-0.15, -0.1) is 0 Å². The maximum Gasteiger partial charge on any atom is 0.124 e. The average molecular weight is 290 g/mol. The van der Waals surface area contributed by atoms with Crippen molar-refractivity contribution in [2.75, 3.05) is 5.32 Å². The van der Waals surface area contributed by atoms with Gasteiger partial charge >= 0.3 is 0 Å². The first-order valence-corrected chi connectivity index (χ1v) is 7.28. The van der Waals surface area contributed by atoms with E-state index in [2.05, 4.69) is 36.5 Å². The smallest absolute Gasteiger partial charge is 0.124 e. The van der Waals surface area contributed by atoms with Crippen LogP contribution in [0.15, 0.2) is 42.5 Å². The summed E-state index contributed by atoms with van der Waals surface area (Å²) in [5, 5.41) is 3.84. The highest BCUT2D eigenvalue weighted by atomic mass is 35.5. The molecule has 1 nitrogen and oxygen atoms in total. The van der Waals surface area contributed by atoms with Crippen LogP contribution in [-0.2, 0) is 0 Å². The Morgan fingerprint density at radius 3 is 2.65 bits per heavy atom. The first-order chi connectivity index (χ1) is 9.61. The Labute approximate surface area is 123 Å². The highest BCUT2D eigenvalue weighted by Crippen LogP contribution is 2.39. The summed E-state index contributed by atoms with van der Waals surface area (Å²) in [4.78, 5) is 0. The molecule has 104 valence electrons. The molecule has 0 spiro atoms. The fourth-order valence-electron chi connectivity index (χ4n) is 2.76. The van der Waals surface area contributed by atoms with Gasteiger partial charge < -0.3 is 5.32 Å². The first-order valence-electron chi connectivity index (χ1n) is 6.90. The van der Waals surface area contributed by atoms with Gasteiger partial charge in [0.2, 0.25) is 0 Å². The lowest BCUT2D eigenvalue weighted by atomic mass is 9.75. The normalized spacial score (nSPS) is 21.4. The number of rotatable bonds is 3. The van der Waals surface area contributed by atoms with E-state index >= 15 is 0 Å². The SMILES string of the molecule is Cc1cccc(C2CC(Nc3ccc(F)cc3Cl)C2)c1. The molecule has 0 aromatic heterocycles. The highest BCUT2D eigenvalue weighted by Gasteiger charge is 2.30. The van der Waals surface area contributed by atoms with Crippen LogP contribution in [0.3, 0.4) is 0 Å². The zero-order valence-electron chi connectivity index (χ0n) is 11.4. The third-order valence-electron chi connectivity index (χ3n) is 3.94. The zero-order valence-corrected chi connectivity index (χ0v) is 12.1. The summed E-state index contributed by atoms with van der Waals surface area (Å²) in [5.41, 5.74) is 3.54. The Hall–Kier alpha value is -1.54. The minimum absolute atomic E-state index is 0.299. The Morgan fingerprint density at radius 2 is 1.95 bits per heavy atom. The van der Waals surface area contributed by atoms with Gasteiger partial charge in [-0.3, -0.25) is 0 Å². The second kappa shape index (κ2) is 5.45. The summed E-state index contributed by atoms with van der Waals surface area (Å²) >= 11 is 6.03. The van der Waals surface area contributed by atoms with Gasteiger partial charge in [-0.05, 0) is 49.4 Å². The molecular formula is C17H17ClFN. The lowest BCUT2D eigenvalue weighted by molar-refractivity contribution is 0.374. The fourth-order valence-corrected chi connectivity index (χ4v) is 2.98. The molecule has 0 heterocycles. The van der Waals surface area contributed by atoms with Gasteiger partial charge in [0.25, 0.3) is 0 Å². The van der Waals surface area contributed by atoms with E-state index in [1.165, 1.54) is 23.3 Å². The molecule has 20 heavy (non-hydrogen) atoms. The summed E-state index contributed by atoms with van der Waals surface area (Å²) in [6.45, 7) is 2.12. The molecule has 0 amide bonds. The number of anilines is 1. The zero-order chi connectivity index (χ0) is 14.1. The average Bonchev–Trinajstić information content (AvgIpc) is 2.35. The molecule has 2 aromatic carbocycles. The van der Waals surface area contributed by atoms with Crippen LogP contribution in [-0.4, -0.2) is 6.04 Å². The maximum absolute atomic E-state index is 13.0. The van der Waals surface area contributed by atoms with E-state index in [9.17, 15) is 4.39 Å². The van der Waals surface area contributed by atoms with Crippen molar-refractivity contribution in [1.29, 1.82) is 0 Å². The molecule has 0 atom stereocenters. The van der Waals surface area contributed by atoms with Gasteiger partial charge in [-0.2, -0.15) is 0 Å². The molecule has 1 fully saturated rings. The monoisotopic (exact) mass is 289 g/mol. The van der Waals surface area contributed by atoms with E-state index in [4.69, 9.17) is 11.6 Å². The second-order valence-electron chi connectivity index (χ2n) is 5.55. The molecule has 3 rings (SSSR count). The number of halogens is 2. The van der Waals surface area contributed by atoms with E-state index in [0.717, 1.165) is 18.5 Å². The fraction of sp³-hybridized carbons (Fsp3) is 0.294. The van der Waals surface area contributed by atoms with Crippen LogP contribution in [0, 0.1) is 12.7 Å². The quantitative estimate of drug-likeness (QED) is 0.824. The molecule has 0 bridgehead atoms. The molecule has 1 saturated carbocycles. The molecule has 1 aliphatic carbocycles. The number of hydrogen-bond donors (Lipinski definition) is 1. The van der Waals surface area contributed by atoms with Crippen molar-refractivity contribution in [3.8, 4) is 0 Å². The van der Waals surface area contributed by atoms with Crippen LogP contribution >= 0.6 is 11.6 Å². The van der Waals surface area contributed by atoms with E-state index < -0.39 is 0 Å². The van der Waals surface area contributed by atoms with Gasteiger partial charge in [-0.25, -0.2) is 4.39 Å². The number of hydrogen-bond acceptors (Lipinski definition) is 1. The van der Waals surface area contributed by atoms with Crippen LogP contribution in [0.25, 0.3) is 0 Å². The van der Waals surface area contributed by atoms with Gasteiger partial charge in [0, 0.05) is 6.04 Å². The minimum Gasteiger partial charge on any atom is -0.381 e. The molecule has 1 N–H and O–H groups in total. The van der Waals surface area contributed by atoms with Gasteiger partial charge in [0.1, 0.15) is 5.82 Å². The van der Waals surface area contributed by atoms with Crippen molar-refractivity contribution in [2.24, 2.45) is 0 Å². The molecule has 0 unspecified atom stereocenters. The van der Waals surface area contributed by atoms with Crippen LogP contribution in [0.4, 0.5) is 10.1 Å². The topological polar surface area (TPSA) is 12.0 Å². The number of aryl methyl sites for hydroxylation is 1. The summed E-state index contributed by atoms with van der Waals surface area (Å²) in [5.74, 6) is 0.318. The van der Waals surface area contributed by atoms with Crippen molar-refractivity contribution in [1.82, 2.24) is 0 Å². The molecule has 3 heteroatoms. The van der Waals surface area contributed by atoms with Crippen molar-refractivity contribution in [2.45, 2.75) is 31.7 Å². The van der Waals surface area contributed by atoms with Crippen LogP contribution in [0.2, 0.25) is 5.02 Å². The predicted molar refractivity (Wildman–Crippen MR) is 82.0 cm³/mol. The van der Waals surface area contributed by atoms with Gasteiger partial charge in [-0.1, -0.05) is 41.4 Å². The van der Waals surface area contributed by atoms with Crippen molar-refractivity contribution in [3.63, 3.8) is 0 Å². The van der Waals surface area contributed by atoms with Crippen molar-refractivity contribution >= 4 is 17.3 Å². The molecular weight excluding hydrogens is 273 g/mol. The first kappa shape index (κ1) is 13.4. The third kappa shape index (κ3) is 2.80. The summed E-state index contributed by atoms with van der Waals surface area (Å²) in [6, 6.07) is 13.6. The van der Waals surface area contributed by atoms with Crippen molar-refractivity contribution < 1.29 is 4.39 Å². The predicted octanol–water partition coefficient (Wildman–Crippen LogP) is 5.15. The van der Waals surface area contributed by atoms with Gasteiger partial charge in [0.05, 0.1) is 10.7 Å². The third-order valence-corrected chi connectivity index (χ3v) is 4.26. The summed E-state index contributed by atoms with van der Waals surface area (Å²) < 4.78 is 13.0. The van der Waals surface area contributed by atoms with E-state index in [-0.39, 0.29) is 5.82 Å². The Balaban J connectivity index is 1.61. The lowest BCUT2D eigenvalue weighted by Crippen LogP contribution is -2.34. The molecule has 0 radical (unpaired) electrons. The number of nitrogens with one attached hydrogen (secondary N) is 1. The van der Waals surface area contributed by atoms with Crippen LogP contribution in [0.5, 0.6) is 0 Å². The molecule has 2 aromatic rings. The summed E-state index contributed by atoms with van der Waals surface area (Å²) in [7, 11) is 0. The maximum atomic E-state index is 13.0. The standard InChI is InChI=1S/C17H17ClFN/c1-11-3-2-4-12(7-11)13-8-15(9-13)20-17-6-5-14(19)10-16(17)18/h2-7,10,13,15,20H,8-9H2,1H3. The van der Waals surface area contributed by atoms with E-state index in [1.54, 1.807) is 6.07 Å². The van der Waals surface area contributed by atoms with Gasteiger partial charge in [0.15, 0.2) is 0 Å². The largest absolute Gasteiger partial charge is 0.381 e. The summed E-state index contributed by atoms with van der Waals surface area (Å²) in [6.07, 6.45) is 2.19. The Kier molecular flexibility index (Phi) is 3.66. The van der Waals surface area contributed by atoms with Crippen LogP contribution < -0.4 is 5.32 Å².